The second-order valence-corrected chi connectivity index (χ2v) is 6.10. The van der Waals surface area contributed by atoms with Crippen LogP contribution in [0.1, 0.15) is 17.2 Å². The number of nitrogens with one attached hydrogen (secondary N) is 2. The van der Waals surface area contributed by atoms with E-state index in [0.29, 0.717) is 5.92 Å². The quantitative estimate of drug-likeness (QED) is 0.774. The number of H-pyrrole nitrogens is 1. The first-order valence-electron chi connectivity index (χ1n) is 6.58. The summed E-state index contributed by atoms with van der Waals surface area (Å²) >= 11 is 1.73. The number of carbonyl (C=O) groups excluding carboxylic acids is 1. The van der Waals surface area contributed by atoms with Crippen LogP contribution >= 0.6 is 11.3 Å². The molecule has 0 spiro atoms. The number of anilines is 1. The third kappa shape index (κ3) is 2.00. The number of hydrogen-bond donors (Lipinski definition) is 2. The van der Waals surface area contributed by atoms with Crippen molar-refractivity contribution >= 4 is 33.8 Å². The molecule has 5 heteroatoms. The number of thiophene rings is 1. The van der Waals surface area contributed by atoms with Gasteiger partial charge in [0.15, 0.2) is 0 Å². The van der Waals surface area contributed by atoms with Crippen LogP contribution < -0.4 is 5.32 Å². The SMILES string of the molecule is O=C(Nc1ccc2cn[nH]c2c1)C1CC1c1cccs1. The van der Waals surface area contributed by atoms with E-state index in [9.17, 15) is 4.79 Å². The molecular weight excluding hydrogens is 270 g/mol. The monoisotopic (exact) mass is 283 g/mol. The second-order valence-electron chi connectivity index (χ2n) is 5.13. The normalized spacial score (nSPS) is 21.0. The zero-order chi connectivity index (χ0) is 13.5. The largest absolute Gasteiger partial charge is 0.326 e. The van der Waals surface area contributed by atoms with E-state index in [1.54, 1.807) is 17.5 Å². The molecule has 1 aliphatic rings. The molecule has 1 amide bonds. The lowest BCUT2D eigenvalue weighted by atomic mass is 10.2. The van der Waals surface area contributed by atoms with E-state index in [0.717, 1.165) is 23.0 Å². The van der Waals surface area contributed by atoms with Gasteiger partial charge in [0.2, 0.25) is 5.91 Å². The van der Waals surface area contributed by atoms with Gasteiger partial charge in [-0.2, -0.15) is 5.10 Å². The molecule has 0 saturated heterocycles. The summed E-state index contributed by atoms with van der Waals surface area (Å²) in [6, 6.07) is 9.94. The highest BCUT2D eigenvalue weighted by Gasteiger charge is 2.44. The van der Waals surface area contributed by atoms with Gasteiger partial charge in [0, 0.05) is 27.8 Å². The van der Waals surface area contributed by atoms with Crippen LogP contribution in [-0.4, -0.2) is 16.1 Å². The maximum absolute atomic E-state index is 12.2. The summed E-state index contributed by atoms with van der Waals surface area (Å²) in [6.45, 7) is 0. The first-order valence-corrected chi connectivity index (χ1v) is 7.46. The van der Waals surface area contributed by atoms with Gasteiger partial charge in [-0.1, -0.05) is 6.07 Å². The molecule has 4 rings (SSSR count). The van der Waals surface area contributed by atoms with Crippen LogP contribution in [0.15, 0.2) is 41.9 Å². The summed E-state index contributed by atoms with van der Waals surface area (Å²) < 4.78 is 0. The number of carbonyl (C=O) groups is 1. The van der Waals surface area contributed by atoms with Gasteiger partial charge in [0.1, 0.15) is 0 Å². The van der Waals surface area contributed by atoms with Gasteiger partial charge in [-0.3, -0.25) is 9.89 Å². The molecule has 0 radical (unpaired) electrons. The molecule has 0 bridgehead atoms. The Kier molecular flexibility index (Phi) is 2.60. The van der Waals surface area contributed by atoms with E-state index < -0.39 is 0 Å². The predicted molar refractivity (Wildman–Crippen MR) is 79.9 cm³/mol. The fourth-order valence-corrected chi connectivity index (χ4v) is 3.46. The topological polar surface area (TPSA) is 57.8 Å². The second kappa shape index (κ2) is 4.45. The van der Waals surface area contributed by atoms with Crippen molar-refractivity contribution in [1.82, 2.24) is 10.2 Å². The standard InChI is InChI=1S/C15H13N3OS/c19-15(12-7-11(12)14-2-1-5-20-14)17-10-4-3-9-8-16-18-13(9)6-10/h1-6,8,11-12H,7H2,(H,16,18)(H,17,19). The molecule has 2 unspecified atom stereocenters. The predicted octanol–water partition coefficient (Wildman–Crippen LogP) is 3.37. The molecule has 0 aliphatic heterocycles. The average molecular weight is 283 g/mol. The Morgan fingerprint density at radius 2 is 2.35 bits per heavy atom. The maximum atomic E-state index is 12.2. The van der Waals surface area contributed by atoms with Crippen LogP contribution in [0.25, 0.3) is 10.9 Å². The number of hydrogen-bond acceptors (Lipinski definition) is 3. The molecule has 2 heterocycles. The maximum Gasteiger partial charge on any atom is 0.228 e. The van der Waals surface area contributed by atoms with Crippen LogP contribution in [-0.2, 0) is 4.79 Å². The van der Waals surface area contributed by atoms with Gasteiger partial charge in [-0.15, -0.1) is 11.3 Å². The Labute approximate surface area is 119 Å². The number of benzene rings is 1. The van der Waals surface area contributed by atoms with Gasteiger partial charge in [-0.05, 0) is 36.1 Å². The van der Waals surface area contributed by atoms with Gasteiger partial charge < -0.3 is 5.32 Å². The van der Waals surface area contributed by atoms with Gasteiger partial charge in [0.05, 0.1) is 11.7 Å². The third-order valence-corrected chi connectivity index (χ3v) is 4.75. The van der Waals surface area contributed by atoms with Crippen molar-refractivity contribution in [3.8, 4) is 0 Å². The van der Waals surface area contributed by atoms with Gasteiger partial charge >= 0.3 is 0 Å². The summed E-state index contributed by atoms with van der Waals surface area (Å²) in [5.74, 6) is 0.638. The number of fused-ring (bicyclic) bond motifs is 1. The van der Waals surface area contributed by atoms with E-state index in [1.165, 1.54) is 4.88 Å². The molecule has 2 atom stereocenters. The van der Waals surface area contributed by atoms with Crippen molar-refractivity contribution < 1.29 is 4.79 Å². The van der Waals surface area contributed by atoms with Crippen molar-refractivity contribution in [3.63, 3.8) is 0 Å². The first kappa shape index (κ1) is 11.7. The summed E-state index contributed by atoms with van der Waals surface area (Å²) in [5.41, 5.74) is 1.76. The van der Waals surface area contributed by atoms with Crippen molar-refractivity contribution in [2.75, 3.05) is 5.32 Å². The number of aromatic nitrogens is 2. The molecule has 1 saturated carbocycles. The lowest BCUT2D eigenvalue weighted by molar-refractivity contribution is -0.117. The van der Waals surface area contributed by atoms with Crippen molar-refractivity contribution in [2.24, 2.45) is 5.92 Å². The Morgan fingerprint density at radius 3 is 3.20 bits per heavy atom. The van der Waals surface area contributed by atoms with Crippen LogP contribution in [0.4, 0.5) is 5.69 Å². The Bertz CT molecular complexity index is 762. The minimum atomic E-state index is 0.113. The molecule has 100 valence electrons. The van der Waals surface area contributed by atoms with Crippen LogP contribution in [0, 0.1) is 5.92 Å². The van der Waals surface area contributed by atoms with Crippen LogP contribution in [0.5, 0.6) is 0 Å². The minimum absolute atomic E-state index is 0.113. The van der Waals surface area contributed by atoms with E-state index >= 15 is 0 Å². The summed E-state index contributed by atoms with van der Waals surface area (Å²) in [4.78, 5) is 13.5. The lowest BCUT2D eigenvalue weighted by Gasteiger charge is -2.04. The molecule has 3 aromatic rings. The number of amides is 1. The molecule has 4 nitrogen and oxygen atoms in total. The smallest absolute Gasteiger partial charge is 0.228 e. The zero-order valence-electron chi connectivity index (χ0n) is 10.7. The van der Waals surface area contributed by atoms with E-state index in [1.807, 2.05) is 24.3 Å². The zero-order valence-corrected chi connectivity index (χ0v) is 11.5. The van der Waals surface area contributed by atoms with Gasteiger partial charge in [-0.25, -0.2) is 0 Å². The van der Waals surface area contributed by atoms with E-state index in [2.05, 4.69) is 27.0 Å². The van der Waals surface area contributed by atoms with Gasteiger partial charge in [0.25, 0.3) is 0 Å². The minimum Gasteiger partial charge on any atom is -0.326 e. The Hall–Kier alpha value is -2.14. The first-order chi connectivity index (χ1) is 9.81. The Balaban J connectivity index is 1.48. The molecule has 1 aromatic carbocycles. The number of rotatable bonds is 3. The van der Waals surface area contributed by atoms with Crippen LogP contribution in [0.2, 0.25) is 0 Å². The highest BCUT2D eigenvalue weighted by Crippen LogP contribution is 2.49. The molecular formula is C15H13N3OS. The molecule has 20 heavy (non-hydrogen) atoms. The summed E-state index contributed by atoms with van der Waals surface area (Å²) in [5, 5.41) is 13.0. The molecule has 2 aromatic heterocycles. The molecule has 1 fully saturated rings. The highest BCUT2D eigenvalue weighted by atomic mass is 32.1. The summed E-state index contributed by atoms with van der Waals surface area (Å²) in [7, 11) is 0. The van der Waals surface area contributed by atoms with Crippen molar-refractivity contribution in [2.45, 2.75) is 12.3 Å². The fraction of sp³-hybridized carbons (Fsp3) is 0.200. The Morgan fingerprint density at radius 1 is 1.40 bits per heavy atom. The lowest BCUT2D eigenvalue weighted by Crippen LogP contribution is -2.14. The summed E-state index contributed by atoms with van der Waals surface area (Å²) in [6.07, 6.45) is 2.73. The van der Waals surface area contributed by atoms with E-state index in [4.69, 9.17) is 0 Å². The van der Waals surface area contributed by atoms with Crippen LogP contribution in [0.3, 0.4) is 0 Å². The number of nitrogens with zero attached hydrogens (tertiary/aromatic N) is 1. The highest BCUT2D eigenvalue weighted by molar-refractivity contribution is 7.10. The fourth-order valence-electron chi connectivity index (χ4n) is 2.55. The number of aromatic amines is 1. The molecule has 1 aliphatic carbocycles. The molecule has 2 N–H and O–H groups in total. The average Bonchev–Trinajstić information content (AvgIpc) is 2.89. The van der Waals surface area contributed by atoms with Crippen molar-refractivity contribution in [1.29, 1.82) is 0 Å². The van der Waals surface area contributed by atoms with Crippen molar-refractivity contribution in [3.05, 3.63) is 46.8 Å². The van der Waals surface area contributed by atoms with E-state index in [-0.39, 0.29) is 11.8 Å². The third-order valence-electron chi connectivity index (χ3n) is 3.75.